The van der Waals surface area contributed by atoms with Crippen LogP contribution in [0, 0.1) is 0 Å². The van der Waals surface area contributed by atoms with Gasteiger partial charge in [0.2, 0.25) is 0 Å². The predicted molar refractivity (Wildman–Crippen MR) is 342 cm³/mol. The van der Waals surface area contributed by atoms with Gasteiger partial charge >= 0.3 is 17.9 Å². The number of ether oxygens (including phenoxy) is 10. The molecule has 526 valence electrons. The van der Waals surface area contributed by atoms with Gasteiger partial charge < -0.3 is 72.9 Å². The largest absolute Gasteiger partial charge is 0.457 e. The summed E-state index contributed by atoms with van der Waals surface area (Å²) in [6.45, 7) is 12.8. The highest BCUT2D eigenvalue weighted by atomic mass is 17.2. The van der Waals surface area contributed by atoms with Crippen molar-refractivity contribution in [1.82, 2.24) is 0 Å². The third kappa shape index (κ3) is 24.8. The van der Waals surface area contributed by atoms with Crippen LogP contribution >= 0.6 is 0 Å². The number of esters is 3. The number of hydrogen-bond acceptors (Lipinski definition) is 21. The maximum absolute atomic E-state index is 14.1. The summed E-state index contributed by atoms with van der Waals surface area (Å²) >= 11 is 0. The van der Waals surface area contributed by atoms with Crippen molar-refractivity contribution in [3.8, 4) is 0 Å². The SMILES string of the molecule is CCCCCCCCCCCC(=O)O[C@@H]1[C@@H](O)[C@@H](OC(=O)/C=C/c2ccccc2)[C@H](O[C@@H]2[C@@H](OC(=O)CCCCCCCCC)[C@@H](O)[C@H](O[C@@H]3[C@H]4OO[C@H]5[C@H](OC(CCCCC)CCCCCCCCCC(=O)[C@H](O[C@H]3C)[C@@H]4O)O[C@H](C)[C@H](O)[C@@H]5O)O[C@H]2C)O[C@H]1C. The number of benzene rings is 1. The Labute approximate surface area is 547 Å². The number of ketones is 1. The van der Waals surface area contributed by atoms with E-state index in [9.17, 15) is 44.7 Å². The summed E-state index contributed by atoms with van der Waals surface area (Å²) in [6, 6.07) is 9.01. The van der Waals surface area contributed by atoms with Gasteiger partial charge in [-0.1, -0.05) is 199 Å². The Balaban J connectivity index is 1.27. The maximum atomic E-state index is 14.1. The number of Topliss-reactive ketones (excluding diaryl/α,β-unsaturated/α-hetero) is 1. The third-order valence-corrected chi connectivity index (χ3v) is 18.6. The molecule has 5 heterocycles. The van der Waals surface area contributed by atoms with Crippen molar-refractivity contribution < 1.29 is 102 Å². The molecule has 0 spiro atoms. The van der Waals surface area contributed by atoms with Crippen LogP contribution in [0.2, 0.25) is 0 Å². The van der Waals surface area contributed by atoms with Crippen molar-refractivity contribution in [2.24, 2.45) is 0 Å². The van der Waals surface area contributed by atoms with Crippen LogP contribution in [-0.4, -0.2) is 178 Å². The van der Waals surface area contributed by atoms with Gasteiger partial charge in [-0.05, 0) is 71.4 Å². The number of aliphatic hydroxyl groups excluding tert-OH is 5. The van der Waals surface area contributed by atoms with Crippen LogP contribution in [0.25, 0.3) is 6.08 Å². The Morgan fingerprint density at radius 2 is 1.00 bits per heavy atom. The number of aliphatic hydroxyl groups is 5. The van der Waals surface area contributed by atoms with Gasteiger partial charge in [0.25, 0.3) is 0 Å². The topological polar surface area (TPSA) is 280 Å². The molecular weight excluding hydrogens is 1190 g/mol. The molecule has 21 nitrogen and oxygen atoms in total. The highest BCUT2D eigenvalue weighted by molar-refractivity contribution is 5.87. The van der Waals surface area contributed by atoms with Gasteiger partial charge in [-0.3, -0.25) is 14.4 Å². The lowest BCUT2D eigenvalue weighted by Crippen LogP contribution is -2.67. The number of unbranched alkanes of at least 4 members (excludes halogenated alkanes) is 16. The minimum Gasteiger partial charge on any atom is -0.457 e. The number of carbonyl (C=O) groups excluding carboxylic acids is 4. The van der Waals surface area contributed by atoms with E-state index in [0.29, 0.717) is 24.8 Å². The lowest BCUT2D eigenvalue weighted by Gasteiger charge is -2.49. The summed E-state index contributed by atoms with van der Waals surface area (Å²) < 4.78 is 63.3. The molecule has 5 saturated heterocycles. The fraction of sp³-hybridized carbons (Fsp3) is 0.831. The molecule has 21 heteroatoms. The Morgan fingerprint density at radius 3 is 1.63 bits per heavy atom. The molecule has 5 aliphatic rings. The van der Waals surface area contributed by atoms with Gasteiger partial charge in [-0.2, -0.15) is 0 Å². The molecule has 5 aliphatic heterocycles. The third-order valence-electron chi connectivity index (χ3n) is 18.6. The molecule has 0 aromatic heterocycles. The first-order chi connectivity index (χ1) is 44.4. The molecule has 0 aliphatic carbocycles. The first-order valence-corrected chi connectivity index (χ1v) is 35.6. The van der Waals surface area contributed by atoms with Crippen LogP contribution in [0.3, 0.4) is 0 Å². The summed E-state index contributed by atoms with van der Waals surface area (Å²) in [5.74, 6) is -2.51. The van der Waals surface area contributed by atoms with Crippen molar-refractivity contribution in [1.29, 1.82) is 0 Å². The van der Waals surface area contributed by atoms with E-state index in [-0.39, 0.29) is 31.1 Å². The van der Waals surface area contributed by atoms with E-state index in [4.69, 9.17) is 57.1 Å². The van der Waals surface area contributed by atoms with Crippen LogP contribution in [-0.2, 0) is 76.3 Å². The van der Waals surface area contributed by atoms with Gasteiger partial charge in [-0.15, -0.1) is 0 Å². The van der Waals surface area contributed by atoms with E-state index in [1.807, 2.05) is 6.07 Å². The average Bonchev–Trinajstić information content (AvgIpc) is 0.785. The number of carbonyl (C=O) groups is 4. The Bertz CT molecular complexity index is 2260. The van der Waals surface area contributed by atoms with Crippen LogP contribution < -0.4 is 0 Å². The van der Waals surface area contributed by atoms with Gasteiger partial charge in [-0.25, -0.2) is 14.6 Å². The van der Waals surface area contributed by atoms with Gasteiger partial charge in [0.15, 0.2) is 55.2 Å². The van der Waals surface area contributed by atoms with Gasteiger partial charge in [0.1, 0.15) is 48.8 Å². The Kier molecular flexibility index (Phi) is 35.6. The standard InChI is InChI=1S/C71H116O21/c1-8-11-14-16-18-19-24-28-35-42-53(73)86-61-47(5)84-70(67(58(61)78)88-55(75)45-44-50-37-31-29-32-38-50)90-62-49(7)83-69(60(80)65(62)87-54(74)43-36-27-21-17-15-12-9-2)89-63-48(6)81-64-52(72)41-34-26-23-20-22-25-33-40-51(39-30-13-10-3)85-71-68(92-91-66(63)59(64)79)57(77)56(76)46(4)82-71/h29,31-32,37-38,44-49,51,56-71,76-80H,8-28,30,33-36,39-43H2,1-7H3/b45-44+/t46-,47+,48+,49+,51?,56+,57+,58-,59+,60-,61+,62+,63+,64+,65+,66+,67-,68-,69+,70+,71+/m1/s1. The number of rotatable bonds is 31. The Morgan fingerprint density at radius 1 is 0.478 bits per heavy atom. The van der Waals surface area contributed by atoms with Crippen LogP contribution in [0.15, 0.2) is 36.4 Å². The molecule has 21 atom stereocenters. The molecule has 2 bridgehead atoms. The van der Waals surface area contributed by atoms with E-state index < -0.39 is 141 Å². The van der Waals surface area contributed by atoms with Crippen LogP contribution in [0.4, 0.5) is 0 Å². The second-order valence-electron chi connectivity index (χ2n) is 26.4. The maximum Gasteiger partial charge on any atom is 0.331 e. The summed E-state index contributed by atoms with van der Waals surface area (Å²) in [6.07, 6.45) is 0.00512. The molecule has 6 rings (SSSR count). The van der Waals surface area contributed by atoms with E-state index in [1.165, 1.54) is 37.8 Å². The minimum atomic E-state index is -1.88. The summed E-state index contributed by atoms with van der Waals surface area (Å²) in [5.41, 5.74) is 0.691. The van der Waals surface area contributed by atoms with Crippen molar-refractivity contribution in [2.75, 3.05) is 0 Å². The predicted octanol–water partition coefficient (Wildman–Crippen LogP) is 10.8. The molecule has 92 heavy (non-hydrogen) atoms. The zero-order valence-corrected chi connectivity index (χ0v) is 56.4. The van der Waals surface area contributed by atoms with E-state index in [1.54, 1.807) is 52.0 Å². The Hall–Kier alpha value is -3.52. The second-order valence-corrected chi connectivity index (χ2v) is 26.4. The van der Waals surface area contributed by atoms with Crippen molar-refractivity contribution >= 4 is 29.8 Å². The molecule has 1 aromatic rings. The van der Waals surface area contributed by atoms with E-state index in [0.717, 1.165) is 135 Å². The van der Waals surface area contributed by atoms with Crippen LogP contribution in [0.5, 0.6) is 0 Å². The highest BCUT2D eigenvalue weighted by Crippen LogP contribution is 2.38. The second kappa shape index (κ2) is 42.2. The zero-order valence-electron chi connectivity index (χ0n) is 56.4. The van der Waals surface area contributed by atoms with Gasteiger partial charge in [0, 0.05) is 25.3 Å². The first-order valence-electron chi connectivity index (χ1n) is 35.6. The van der Waals surface area contributed by atoms with Crippen LogP contribution in [0.1, 0.15) is 253 Å². The monoisotopic (exact) mass is 1300 g/mol. The lowest BCUT2D eigenvalue weighted by atomic mass is 9.91. The van der Waals surface area contributed by atoms with Crippen molar-refractivity contribution in [3.05, 3.63) is 42.0 Å². The molecule has 0 amide bonds. The fourth-order valence-corrected chi connectivity index (χ4v) is 13.0. The molecule has 0 saturated carbocycles. The summed E-state index contributed by atoms with van der Waals surface area (Å²) in [5, 5.41) is 60.0. The molecule has 1 aromatic carbocycles. The lowest BCUT2D eigenvalue weighted by molar-refractivity contribution is -0.450. The van der Waals surface area contributed by atoms with Crippen molar-refractivity contribution in [2.45, 2.75) is 376 Å². The van der Waals surface area contributed by atoms with E-state index in [2.05, 4.69) is 20.8 Å². The quantitative estimate of drug-likeness (QED) is 0.0152. The number of fused-ring (bicyclic) bond motifs is 3. The smallest absolute Gasteiger partial charge is 0.331 e. The zero-order chi connectivity index (χ0) is 66.4. The molecule has 1 unspecified atom stereocenters. The average molecular weight is 1310 g/mol. The van der Waals surface area contributed by atoms with E-state index >= 15 is 0 Å². The normalized spacial score (nSPS) is 34.7. The number of hydrogen-bond donors (Lipinski definition) is 5. The molecular formula is C71H116O21. The summed E-state index contributed by atoms with van der Waals surface area (Å²) in [4.78, 5) is 67.6. The minimum absolute atomic E-state index is 0.0169. The molecule has 5 N–H and O–H groups in total. The molecule has 0 radical (unpaired) electrons. The summed E-state index contributed by atoms with van der Waals surface area (Å²) in [7, 11) is 0. The first kappa shape index (κ1) is 77.5. The highest BCUT2D eigenvalue weighted by Gasteiger charge is 2.57. The van der Waals surface area contributed by atoms with Crippen molar-refractivity contribution in [3.63, 3.8) is 0 Å². The van der Waals surface area contributed by atoms with Gasteiger partial charge in [0.05, 0.1) is 30.5 Å². The molecule has 5 fully saturated rings. The fourth-order valence-electron chi connectivity index (χ4n) is 13.0.